The molecule has 1 saturated heterocycles. The van der Waals surface area contributed by atoms with Crippen molar-refractivity contribution in [2.24, 2.45) is 10.2 Å². The van der Waals surface area contributed by atoms with Crippen molar-refractivity contribution in [1.82, 2.24) is 5.32 Å². The van der Waals surface area contributed by atoms with Gasteiger partial charge in [0.25, 0.3) is 5.97 Å². The summed E-state index contributed by atoms with van der Waals surface area (Å²) in [5, 5.41) is 20.5. The van der Waals surface area contributed by atoms with Gasteiger partial charge in [-0.15, -0.1) is 5.10 Å². The zero-order chi connectivity index (χ0) is 24.4. The van der Waals surface area contributed by atoms with E-state index in [-0.39, 0.29) is 29.2 Å². The minimum Gasteiger partial charge on any atom is -0.494 e. The number of amides is 2. The number of nitrogens with zero attached hydrogens (tertiary/aromatic N) is 2. The van der Waals surface area contributed by atoms with E-state index >= 15 is 0 Å². The minimum absolute atomic E-state index is 0.0364. The predicted octanol–water partition coefficient (Wildman–Crippen LogP) is 3.27. The van der Waals surface area contributed by atoms with Gasteiger partial charge in [-0.05, 0) is 37.3 Å². The van der Waals surface area contributed by atoms with Crippen LogP contribution in [0.25, 0.3) is 0 Å². The molecule has 1 atom stereocenters. The van der Waals surface area contributed by atoms with Crippen LogP contribution in [0.15, 0.2) is 58.7 Å². The maximum absolute atomic E-state index is 13.9. The van der Waals surface area contributed by atoms with Crippen LogP contribution in [-0.2, 0) is 14.4 Å². The van der Waals surface area contributed by atoms with Gasteiger partial charge in [-0.25, -0.2) is 4.39 Å². The number of nitrogens with one attached hydrogen (secondary N) is 2. The average Bonchev–Trinajstić information content (AvgIpc) is 2.77. The molecule has 0 aliphatic carbocycles. The lowest BCUT2D eigenvalue weighted by Gasteiger charge is -2.21. The van der Waals surface area contributed by atoms with Crippen LogP contribution < -0.4 is 15.4 Å². The number of para-hydroxylation sites is 1. The maximum atomic E-state index is 13.9. The Hall–Kier alpha value is -3.73. The smallest absolute Gasteiger partial charge is 0.300 e. The van der Waals surface area contributed by atoms with E-state index < -0.39 is 17.0 Å². The predicted molar refractivity (Wildman–Crippen MR) is 125 cm³/mol. The summed E-state index contributed by atoms with van der Waals surface area (Å²) in [6, 6.07) is 13.4. The number of carboxylic acid groups (broad SMARTS) is 1. The highest BCUT2D eigenvalue weighted by Crippen LogP contribution is 2.23. The Bertz CT molecular complexity index is 1070. The third-order valence-electron chi connectivity index (χ3n) is 4.07. The van der Waals surface area contributed by atoms with Crippen molar-refractivity contribution in [3.05, 3.63) is 59.9 Å². The molecule has 0 spiro atoms. The maximum Gasteiger partial charge on any atom is 0.300 e. The summed E-state index contributed by atoms with van der Waals surface area (Å²) < 4.78 is 18.7. The molecular weight excluding hydrogens is 451 g/mol. The van der Waals surface area contributed by atoms with Crippen LogP contribution >= 0.6 is 11.8 Å². The number of hydrogen-bond acceptors (Lipinski definition) is 7. The third-order valence-corrected chi connectivity index (χ3v) is 5.14. The molecule has 11 heteroatoms. The fourth-order valence-corrected chi connectivity index (χ4v) is 3.48. The van der Waals surface area contributed by atoms with E-state index in [1.54, 1.807) is 25.1 Å². The largest absolute Gasteiger partial charge is 0.494 e. The normalized spacial score (nSPS) is 16.8. The zero-order valence-electron chi connectivity index (χ0n) is 18.2. The van der Waals surface area contributed by atoms with Gasteiger partial charge in [-0.3, -0.25) is 14.4 Å². The second-order valence-electron chi connectivity index (χ2n) is 6.67. The highest BCUT2D eigenvalue weighted by atomic mass is 32.2. The molecule has 9 nitrogen and oxygen atoms in total. The van der Waals surface area contributed by atoms with Gasteiger partial charge in [0.05, 0.1) is 12.8 Å². The van der Waals surface area contributed by atoms with Crippen LogP contribution in [0.4, 0.5) is 10.1 Å². The van der Waals surface area contributed by atoms with Gasteiger partial charge < -0.3 is 20.5 Å². The Balaban J connectivity index is 0.000000890. The van der Waals surface area contributed by atoms with E-state index in [2.05, 4.69) is 20.8 Å². The first-order chi connectivity index (χ1) is 15.7. The lowest BCUT2D eigenvalue weighted by Crippen LogP contribution is -2.41. The number of halogens is 1. The van der Waals surface area contributed by atoms with Crippen molar-refractivity contribution in [3.63, 3.8) is 0 Å². The van der Waals surface area contributed by atoms with Gasteiger partial charge in [0.1, 0.15) is 5.25 Å². The zero-order valence-corrected chi connectivity index (χ0v) is 19.0. The number of carbonyl (C=O) groups excluding carboxylic acids is 2. The number of anilines is 1. The highest BCUT2D eigenvalue weighted by Gasteiger charge is 2.30. The van der Waals surface area contributed by atoms with Crippen molar-refractivity contribution in [2.45, 2.75) is 25.5 Å². The molecule has 0 saturated carbocycles. The average molecular weight is 475 g/mol. The van der Waals surface area contributed by atoms with Crippen LogP contribution in [0.1, 0.15) is 25.8 Å². The van der Waals surface area contributed by atoms with Gasteiger partial charge >= 0.3 is 0 Å². The third kappa shape index (κ3) is 8.37. The molecule has 1 aliphatic heterocycles. The Labute approximate surface area is 194 Å². The Kier molecular flexibility index (Phi) is 9.55. The lowest BCUT2D eigenvalue weighted by molar-refractivity contribution is -0.134. The Morgan fingerprint density at radius 1 is 1.21 bits per heavy atom. The number of hydrogen-bond donors (Lipinski definition) is 3. The molecule has 2 aromatic rings. The molecular formula is C22H23FN4O5S. The van der Waals surface area contributed by atoms with Crippen LogP contribution in [0.3, 0.4) is 0 Å². The molecule has 0 aromatic heterocycles. The summed E-state index contributed by atoms with van der Waals surface area (Å²) in [6.45, 7) is 2.75. The summed E-state index contributed by atoms with van der Waals surface area (Å²) in [7, 11) is 1.39. The first-order valence-corrected chi connectivity index (χ1v) is 10.6. The number of carboxylic acids is 1. The van der Waals surface area contributed by atoms with Crippen molar-refractivity contribution < 1.29 is 28.6 Å². The van der Waals surface area contributed by atoms with Crippen LogP contribution in [-0.4, -0.2) is 46.1 Å². The summed E-state index contributed by atoms with van der Waals surface area (Å²) in [6.07, 6.45) is 0.0364. The topological polar surface area (TPSA) is 129 Å². The molecule has 33 heavy (non-hydrogen) atoms. The molecule has 3 N–H and O–H groups in total. The summed E-state index contributed by atoms with van der Waals surface area (Å²) in [5.74, 6) is -1.82. The van der Waals surface area contributed by atoms with Gasteiger partial charge in [0, 0.05) is 24.6 Å². The number of thioether (sulfide) groups is 1. The quantitative estimate of drug-likeness (QED) is 0.451. The van der Waals surface area contributed by atoms with E-state index in [1.807, 2.05) is 18.2 Å². The van der Waals surface area contributed by atoms with E-state index in [0.717, 1.165) is 18.7 Å². The fourth-order valence-electron chi connectivity index (χ4n) is 2.55. The summed E-state index contributed by atoms with van der Waals surface area (Å²) in [4.78, 5) is 33.4. The van der Waals surface area contributed by atoms with Gasteiger partial charge in [-0.2, -0.15) is 5.10 Å². The molecule has 0 radical (unpaired) electrons. The molecule has 1 heterocycles. The summed E-state index contributed by atoms with van der Waals surface area (Å²) in [5.41, 5.74) is 1.63. The van der Waals surface area contributed by atoms with E-state index in [9.17, 15) is 14.0 Å². The molecule has 3 rings (SSSR count). The highest BCUT2D eigenvalue weighted by molar-refractivity contribution is 8.15. The molecule has 0 bridgehead atoms. The van der Waals surface area contributed by atoms with E-state index in [1.165, 1.54) is 19.2 Å². The molecule has 1 aliphatic rings. The second kappa shape index (κ2) is 12.3. The lowest BCUT2D eigenvalue weighted by atomic mass is 10.1. The molecule has 174 valence electrons. The van der Waals surface area contributed by atoms with Gasteiger partial charge in [-0.1, -0.05) is 30.0 Å². The standard InChI is InChI=1S/C20H19FN4O3S.C2H4O2/c1-12(13-8-9-16(28-2)15(21)10-13)24-25-20-23-18(26)11-17(29-20)19(27)22-14-6-4-3-5-7-14;1-2(3)4/h3-10,17H,11H2,1-2H3,(H,22,27)(H,23,25,26);1H3,(H,3,4). The SMILES string of the molecule is CC(=O)O.COc1ccc(C(C)=N/N=C2\NC(=O)CC(C(=O)Nc3ccccc3)S2)cc1F. The number of benzene rings is 2. The molecule has 1 fully saturated rings. The number of rotatable bonds is 5. The monoisotopic (exact) mass is 474 g/mol. The van der Waals surface area contributed by atoms with E-state index in [4.69, 9.17) is 14.6 Å². The minimum atomic E-state index is -0.833. The van der Waals surface area contributed by atoms with E-state index in [0.29, 0.717) is 17.0 Å². The Morgan fingerprint density at radius 3 is 2.48 bits per heavy atom. The fraction of sp³-hybridized carbons (Fsp3) is 0.227. The van der Waals surface area contributed by atoms with Gasteiger partial charge in [0.2, 0.25) is 11.8 Å². The van der Waals surface area contributed by atoms with Crippen molar-refractivity contribution >= 4 is 46.1 Å². The molecule has 2 aromatic carbocycles. The number of ether oxygens (including phenoxy) is 1. The molecule has 1 unspecified atom stereocenters. The van der Waals surface area contributed by atoms with Crippen molar-refractivity contribution in [2.75, 3.05) is 12.4 Å². The second-order valence-corrected chi connectivity index (χ2v) is 7.86. The van der Waals surface area contributed by atoms with Crippen LogP contribution in [0, 0.1) is 5.82 Å². The first-order valence-electron chi connectivity index (χ1n) is 9.67. The first kappa shape index (κ1) is 25.5. The number of aliphatic carboxylic acids is 1. The van der Waals surface area contributed by atoms with Crippen molar-refractivity contribution in [3.8, 4) is 5.75 Å². The molecule has 2 amide bonds. The van der Waals surface area contributed by atoms with Gasteiger partial charge in [0.15, 0.2) is 16.7 Å². The number of amidine groups is 1. The number of carbonyl (C=O) groups is 3. The Morgan fingerprint density at radius 2 is 1.88 bits per heavy atom. The summed E-state index contributed by atoms with van der Waals surface area (Å²) >= 11 is 1.11. The van der Waals surface area contributed by atoms with Crippen LogP contribution in [0.2, 0.25) is 0 Å². The van der Waals surface area contributed by atoms with Crippen molar-refractivity contribution in [1.29, 1.82) is 0 Å². The van der Waals surface area contributed by atoms with Crippen LogP contribution in [0.5, 0.6) is 5.75 Å². The number of methoxy groups -OCH3 is 1.